The number of aromatic nitrogens is 1. The van der Waals surface area contributed by atoms with Gasteiger partial charge in [0.25, 0.3) is 0 Å². The molecule has 1 aromatic rings. The third kappa shape index (κ3) is 7.49. The van der Waals surface area contributed by atoms with Crippen LogP contribution in [0.5, 0.6) is 5.88 Å². The molecular weight excluding hydrogens is 371 g/mol. The predicted molar refractivity (Wildman–Crippen MR) is 90.6 cm³/mol. The standard InChI is InChI=1S/C13H22N4O2.HI/c1-3-19-9-5-8-16-13(14)17-10-11-6-4-7-15-12(11)18-2;/h4,6-7H,3,5,8-10H2,1-2H3,(H3,14,16,17);1H. The average Bonchev–Trinajstić information content (AvgIpc) is 2.45. The number of aliphatic imine (C=N–C) groups is 1. The Morgan fingerprint density at radius 2 is 2.30 bits per heavy atom. The number of pyridine rings is 1. The number of ether oxygens (including phenoxy) is 2. The first kappa shape index (κ1) is 18.9. The van der Waals surface area contributed by atoms with Crippen LogP contribution in [0.15, 0.2) is 23.3 Å². The number of hydrogen-bond acceptors (Lipinski definition) is 4. The highest BCUT2D eigenvalue weighted by Crippen LogP contribution is 2.14. The van der Waals surface area contributed by atoms with E-state index in [1.165, 1.54) is 0 Å². The van der Waals surface area contributed by atoms with Crippen molar-refractivity contribution in [2.24, 2.45) is 10.7 Å². The molecule has 1 rings (SSSR count). The molecule has 1 aromatic heterocycles. The van der Waals surface area contributed by atoms with Crippen molar-refractivity contribution in [3.63, 3.8) is 0 Å². The van der Waals surface area contributed by atoms with E-state index in [1.807, 2.05) is 19.1 Å². The van der Waals surface area contributed by atoms with Crippen LogP contribution < -0.4 is 15.8 Å². The fourth-order valence-corrected chi connectivity index (χ4v) is 1.49. The highest BCUT2D eigenvalue weighted by atomic mass is 127. The highest BCUT2D eigenvalue weighted by Gasteiger charge is 2.02. The zero-order chi connectivity index (χ0) is 13.9. The number of halogens is 1. The van der Waals surface area contributed by atoms with Gasteiger partial charge < -0.3 is 20.5 Å². The van der Waals surface area contributed by atoms with Gasteiger partial charge in [0, 0.05) is 31.5 Å². The molecule has 0 fully saturated rings. The minimum atomic E-state index is 0. The second-order valence-corrected chi connectivity index (χ2v) is 3.85. The SMILES string of the molecule is CCOCCCNC(N)=NCc1cccnc1OC.I. The summed E-state index contributed by atoms with van der Waals surface area (Å²) in [4.78, 5) is 8.35. The molecule has 1 heterocycles. The Morgan fingerprint density at radius 1 is 1.50 bits per heavy atom. The van der Waals surface area contributed by atoms with Crippen LogP contribution in [0.25, 0.3) is 0 Å². The van der Waals surface area contributed by atoms with Gasteiger partial charge >= 0.3 is 0 Å². The average molecular weight is 394 g/mol. The maximum atomic E-state index is 5.76. The molecule has 0 radical (unpaired) electrons. The molecule has 0 saturated carbocycles. The van der Waals surface area contributed by atoms with Gasteiger partial charge in [0.15, 0.2) is 5.96 Å². The molecular formula is C13H23IN4O2. The molecule has 0 aliphatic heterocycles. The lowest BCUT2D eigenvalue weighted by atomic mass is 10.3. The van der Waals surface area contributed by atoms with Crippen molar-refractivity contribution in [2.45, 2.75) is 19.9 Å². The minimum Gasteiger partial charge on any atom is -0.481 e. The first-order valence-corrected chi connectivity index (χ1v) is 6.37. The van der Waals surface area contributed by atoms with Crippen LogP contribution in [0.2, 0.25) is 0 Å². The van der Waals surface area contributed by atoms with Crippen LogP contribution in [0.4, 0.5) is 0 Å². The smallest absolute Gasteiger partial charge is 0.218 e. The third-order valence-electron chi connectivity index (χ3n) is 2.44. The minimum absolute atomic E-state index is 0. The van der Waals surface area contributed by atoms with Crippen LogP contribution >= 0.6 is 24.0 Å². The molecule has 0 atom stereocenters. The van der Waals surface area contributed by atoms with Gasteiger partial charge in [-0.05, 0) is 19.4 Å². The van der Waals surface area contributed by atoms with E-state index in [4.69, 9.17) is 15.2 Å². The summed E-state index contributed by atoms with van der Waals surface area (Å²) in [5.74, 6) is 0.998. The Kier molecular flexibility index (Phi) is 11.1. The number of guanidine groups is 1. The van der Waals surface area contributed by atoms with Crippen molar-refractivity contribution < 1.29 is 9.47 Å². The fourth-order valence-electron chi connectivity index (χ4n) is 1.49. The van der Waals surface area contributed by atoms with Gasteiger partial charge in [-0.15, -0.1) is 24.0 Å². The maximum absolute atomic E-state index is 5.76. The number of rotatable bonds is 8. The molecule has 0 bridgehead atoms. The molecule has 0 aliphatic rings. The number of methoxy groups -OCH3 is 1. The number of nitrogens with one attached hydrogen (secondary N) is 1. The molecule has 20 heavy (non-hydrogen) atoms. The van der Waals surface area contributed by atoms with E-state index in [0.29, 0.717) is 18.4 Å². The Bertz CT molecular complexity index is 402. The van der Waals surface area contributed by atoms with Gasteiger partial charge in [0.05, 0.1) is 13.7 Å². The summed E-state index contributed by atoms with van der Waals surface area (Å²) < 4.78 is 10.4. The summed E-state index contributed by atoms with van der Waals surface area (Å²) >= 11 is 0. The zero-order valence-corrected chi connectivity index (χ0v) is 14.3. The van der Waals surface area contributed by atoms with Gasteiger partial charge in [-0.1, -0.05) is 6.07 Å². The van der Waals surface area contributed by atoms with Gasteiger partial charge in [0.1, 0.15) is 0 Å². The fraction of sp³-hybridized carbons (Fsp3) is 0.538. The van der Waals surface area contributed by atoms with Crippen LogP contribution in [0.3, 0.4) is 0 Å². The van der Waals surface area contributed by atoms with E-state index < -0.39 is 0 Å². The van der Waals surface area contributed by atoms with Crippen LogP contribution in [-0.4, -0.2) is 37.8 Å². The Hall–Kier alpha value is -1.09. The summed E-state index contributed by atoms with van der Waals surface area (Å²) in [5, 5.41) is 3.04. The van der Waals surface area contributed by atoms with Crippen molar-refractivity contribution in [3.05, 3.63) is 23.9 Å². The molecule has 0 spiro atoms. The summed E-state index contributed by atoms with van der Waals surface area (Å²) in [6.45, 7) is 4.64. The number of hydrogen-bond donors (Lipinski definition) is 2. The molecule has 0 amide bonds. The van der Waals surface area contributed by atoms with Crippen molar-refractivity contribution in [1.29, 1.82) is 0 Å². The molecule has 0 aromatic carbocycles. The lowest BCUT2D eigenvalue weighted by Gasteiger charge is -2.07. The third-order valence-corrected chi connectivity index (χ3v) is 2.44. The number of nitrogens with two attached hydrogens (primary N) is 1. The van der Waals surface area contributed by atoms with E-state index >= 15 is 0 Å². The molecule has 3 N–H and O–H groups in total. The summed E-state index contributed by atoms with van der Waals surface area (Å²) in [5.41, 5.74) is 6.67. The molecule has 0 aliphatic carbocycles. The first-order chi connectivity index (χ1) is 9.27. The molecule has 114 valence electrons. The Labute approximate surface area is 137 Å². The lowest BCUT2D eigenvalue weighted by molar-refractivity contribution is 0.145. The monoisotopic (exact) mass is 394 g/mol. The van der Waals surface area contributed by atoms with E-state index in [0.717, 1.165) is 31.7 Å². The van der Waals surface area contributed by atoms with Gasteiger partial charge in [-0.2, -0.15) is 0 Å². The second kappa shape index (κ2) is 11.7. The lowest BCUT2D eigenvalue weighted by Crippen LogP contribution is -2.32. The zero-order valence-electron chi connectivity index (χ0n) is 12.0. The normalized spacial score (nSPS) is 10.8. The highest BCUT2D eigenvalue weighted by molar-refractivity contribution is 14.0. The second-order valence-electron chi connectivity index (χ2n) is 3.85. The van der Waals surface area contributed by atoms with E-state index in [9.17, 15) is 0 Å². The van der Waals surface area contributed by atoms with Gasteiger partial charge in [-0.25, -0.2) is 9.98 Å². The summed E-state index contributed by atoms with van der Waals surface area (Å²) in [6, 6.07) is 3.76. The van der Waals surface area contributed by atoms with Gasteiger partial charge in [-0.3, -0.25) is 0 Å². The maximum Gasteiger partial charge on any atom is 0.218 e. The number of nitrogens with zero attached hydrogens (tertiary/aromatic N) is 2. The van der Waals surface area contributed by atoms with Crippen molar-refractivity contribution >= 4 is 29.9 Å². The molecule has 0 saturated heterocycles. The summed E-state index contributed by atoms with van der Waals surface area (Å²) in [6.07, 6.45) is 2.58. The first-order valence-electron chi connectivity index (χ1n) is 6.37. The Morgan fingerprint density at radius 3 is 3.00 bits per heavy atom. The molecule has 6 nitrogen and oxygen atoms in total. The molecule has 0 unspecified atom stereocenters. The topological polar surface area (TPSA) is 81.8 Å². The Balaban J connectivity index is 0.00000361. The van der Waals surface area contributed by atoms with Crippen molar-refractivity contribution in [1.82, 2.24) is 10.3 Å². The molecule has 7 heteroatoms. The van der Waals surface area contributed by atoms with Crippen LogP contribution in [0, 0.1) is 0 Å². The van der Waals surface area contributed by atoms with E-state index in [-0.39, 0.29) is 24.0 Å². The van der Waals surface area contributed by atoms with E-state index in [2.05, 4.69) is 15.3 Å². The van der Waals surface area contributed by atoms with Gasteiger partial charge in [0.2, 0.25) is 5.88 Å². The van der Waals surface area contributed by atoms with E-state index in [1.54, 1.807) is 13.3 Å². The van der Waals surface area contributed by atoms with Crippen molar-refractivity contribution in [2.75, 3.05) is 26.9 Å². The van der Waals surface area contributed by atoms with Crippen LogP contribution in [0.1, 0.15) is 18.9 Å². The predicted octanol–water partition coefficient (Wildman–Crippen LogP) is 1.54. The largest absolute Gasteiger partial charge is 0.481 e. The van der Waals surface area contributed by atoms with Crippen molar-refractivity contribution in [3.8, 4) is 5.88 Å². The van der Waals surface area contributed by atoms with Crippen LogP contribution in [-0.2, 0) is 11.3 Å². The summed E-state index contributed by atoms with van der Waals surface area (Å²) in [7, 11) is 1.59. The quantitative estimate of drug-likeness (QED) is 0.303.